The first-order valence-electron chi connectivity index (χ1n) is 10.2. The zero-order chi connectivity index (χ0) is 18.0. The molecule has 0 aromatic heterocycles. The molecule has 2 bridgehead atoms. The fourth-order valence-electron chi connectivity index (χ4n) is 5.53. The summed E-state index contributed by atoms with van der Waals surface area (Å²) in [5.74, 6) is 1.06. The Labute approximate surface area is 157 Å². The van der Waals surface area contributed by atoms with Gasteiger partial charge in [0.15, 0.2) is 0 Å². The van der Waals surface area contributed by atoms with E-state index in [1.807, 2.05) is 0 Å². The Morgan fingerprint density at radius 3 is 2.23 bits per heavy atom. The van der Waals surface area contributed by atoms with Gasteiger partial charge in [-0.1, -0.05) is 67.6 Å². The zero-order valence-electron chi connectivity index (χ0n) is 15.8. The summed E-state index contributed by atoms with van der Waals surface area (Å²) in [4.78, 5) is 2.61. The quantitative estimate of drug-likeness (QED) is 0.819. The van der Waals surface area contributed by atoms with Crippen LogP contribution in [0.25, 0.3) is 0 Å². The van der Waals surface area contributed by atoms with Crippen molar-refractivity contribution < 1.29 is 5.11 Å². The van der Waals surface area contributed by atoms with Gasteiger partial charge in [-0.2, -0.15) is 0 Å². The van der Waals surface area contributed by atoms with Crippen molar-refractivity contribution in [1.82, 2.24) is 4.90 Å². The van der Waals surface area contributed by atoms with E-state index in [0.29, 0.717) is 17.9 Å². The highest BCUT2D eigenvalue weighted by molar-refractivity contribution is 5.20. The molecule has 2 nitrogen and oxygen atoms in total. The van der Waals surface area contributed by atoms with E-state index in [1.165, 1.54) is 30.4 Å². The maximum Gasteiger partial charge on any atom is 0.0733 e. The lowest BCUT2D eigenvalue weighted by Crippen LogP contribution is -2.60. The number of fused-ring (bicyclic) bond motifs is 3. The monoisotopic (exact) mass is 349 g/mol. The van der Waals surface area contributed by atoms with Gasteiger partial charge in [0.2, 0.25) is 0 Å². The minimum Gasteiger partial charge on any atom is -0.389 e. The molecule has 3 aliphatic carbocycles. The van der Waals surface area contributed by atoms with E-state index in [0.717, 1.165) is 25.9 Å². The molecule has 0 saturated heterocycles. The Kier molecular flexibility index (Phi) is 5.15. The van der Waals surface area contributed by atoms with Crippen LogP contribution in [0.5, 0.6) is 0 Å². The molecular weight excluding hydrogens is 318 g/mol. The van der Waals surface area contributed by atoms with Crippen molar-refractivity contribution in [3.8, 4) is 0 Å². The van der Waals surface area contributed by atoms with Crippen molar-refractivity contribution in [2.45, 2.75) is 57.2 Å². The fourth-order valence-corrected chi connectivity index (χ4v) is 5.53. The molecule has 138 valence electrons. The number of benzene rings is 2. The molecule has 26 heavy (non-hydrogen) atoms. The molecule has 5 rings (SSSR count). The lowest BCUT2D eigenvalue weighted by Gasteiger charge is -2.55. The highest BCUT2D eigenvalue weighted by Crippen LogP contribution is 2.50. The molecule has 0 unspecified atom stereocenters. The number of hydrogen-bond donors (Lipinski definition) is 1. The van der Waals surface area contributed by atoms with E-state index in [9.17, 15) is 5.11 Å². The van der Waals surface area contributed by atoms with Gasteiger partial charge in [-0.05, 0) is 49.3 Å². The molecular formula is C24H31NO. The third kappa shape index (κ3) is 3.58. The van der Waals surface area contributed by atoms with Crippen LogP contribution in [-0.4, -0.2) is 28.2 Å². The van der Waals surface area contributed by atoms with Gasteiger partial charge in [0, 0.05) is 24.9 Å². The summed E-state index contributed by atoms with van der Waals surface area (Å²) in [5, 5.41) is 11.7. The number of aliphatic hydroxyl groups is 1. The summed E-state index contributed by atoms with van der Waals surface area (Å²) in [6.45, 7) is 4.30. The van der Waals surface area contributed by atoms with Crippen LogP contribution in [0.15, 0.2) is 60.7 Å². The Hall–Kier alpha value is -1.64. The minimum absolute atomic E-state index is 0.386. The van der Waals surface area contributed by atoms with E-state index in [2.05, 4.69) is 72.5 Å². The molecule has 3 saturated carbocycles. The van der Waals surface area contributed by atoms with Crippen molar-refractivity contribution >= 4 is 0 Å². The van der Waals surface area contributed by atoms with E-state index in [-0.39, 0.29) is 0 Å². The molecule has 0 amide bonds. The standard InChI is InChI=1S/C24H31NO/c1-2-25(18-20-11-7-4-8-12-20)23-15-21-13-14-22(23)24(26,17-21)16-19-9-5-3-6-10-19/h3-12,21-23,26H,2,13-18H2,1H3/t21-,22+,23-,24+/m0/s1. The first-order chi connectivity index (χ1) is 12.7. The number of rotatable bonds is 6. The highest BCUT2D eigenvalue weighted by atomic mass is 16.3. The van der Waals surface area contributed by atoms with Crippen LogP contribution in [0.3, 0.4) is 0 Å². The molecule has 0 spiro atoms. The second kappa shape index (κ2) is 7.54. The molecule has 0 heterocycles. The van der Waals surface area contributed by atoms with Crippen molar-refractivity contribution in [3.63, 3.8) is 0 Å². The van der Waals surface area contributed by atoms with Gasteiger partial charge in [0.05, 0.1) is 5.60 Å². The van der Waals surface area contributed by atoms with Crippen molar-refractivity contribution in [1.29, 1.82) is 0 Å². The summed E-state index contributed by atoms with van der Waals surface area (Å²) >= 11 is 0. The highest BCUT2D eigenvalue weighted by Gasteiger charge is 2.52. The predicted molar refractivity (Wildman–Crippen MR) is 107 cm³/mol. The SMILES string of the molecule is CCN(Cc1ccccc1)[C@H]1C[C@@H]2CC[C@H]1[C@@](O)(Cc1ccccc1)C2. The molecule has 3 fully saturated rings. The summed E-state index contributed by atoms with van der Waals surface area (Å²) in [6, 6.07) is 21.8. The van der Waals surface area contributed by atoms with Crippen LogP contribution in [0.4, 0.5) is 0 Å². The molecule has 0 aliphatic heterocycles. The van der Waals surface area contributed by atoms with Crippen molar-refractivity contribution in [3.05, 3.63) is 71.8 Å². The van der Waals surface area contributed by atoms with Gasteiger partial charge in [0.1, 0.15) is 0 Å². The van der Waals surface area contributed by atoms with Crippen LogP contribution in [-0.2, 0) is 13.0 Å². The van der Waals surface area contributed by atoms with E-state index < -0.39 is 5.60 Å². The van der Waals surface area contributed by atoms with Gasteiger partial charge in [-0.3, -0.25) is 4.90 Å². The van der Waals surface area contributed by atoms with Crippen LogP contribution >= 0.6 is 0 Å². The third-order valence-corrected chi connectivity index (χ3v) is 6.71. The summed E-state index contributed by atoms with van der Waals surface area (Å²) in [6.07, 6.45) is 5.49. The lowest BCUT2D eigenvalue weighted by molar-refractivity contribution is -0.135. The molecule has 1 N–H and O–H groups in total. The van der Waals surface area contributed by atoms with Crippen LogP contribution in [0.1, 0.15) is 43.7 Å². The fraction of sp³-hybridized carbons (Fsp3) is 0.500. The average Bonchev–Trinajstić information content (AvgIpc) is 2.67. The normalized spacial score (nSPS) is 30.7. The zero-order valence-corrected chi connectivity index (χ0v) is 15.8. The van der Waals surface area contributed by atoms with E-state index in [1.54, 1.807) is 0 Å². The topological polar surface area (TPSA) is 23.5 Å². The summed E-state index contributed by atoms with van der Waals surface area (Å²) in [5.41, 5.74) is 2.10. The van der Waals surface area contributed by atoms with Gasteiger partial charge >= 0.3 is 0 Å². The maximum absolute atomic E-state index is 11.7. The van der Waals surface area contributed by atoms with Gasteiger partial charge in [0.25, 0.3) is 0 Å². The van der Waals surface area contributed by atoms with Gasteiger partial charge < -0.3 is 5.11 Å². The van der Waals surface area contributed by atoms with Crippen LogP contribution in [0, 0.1) is 11.8 Å². The predicted octanol–water partition coefficient (Wildman–Crippen LogP) is 4.67. The minimum atomic E-state index is -0.544. The van der Waals surface area contributed by atoms with E-state index in [4.69, 9.17) is 0 Å². The van der Waals surface area contributed by atoms with Crippen LogP contribution in [0.2, 0.25) is 0 Å². The Bertz CT molecular complexity index is 701. The molecule has 0 radical (unpaired) electrons. The van der Waals surface area contributed by atoms with Gasteiger partial charge in [-0.15, -0.1) is 0 Å². The van der Waals surface area contributed by atoms with Gasteiger partial charge in [-0.25, -0.2) is 0 Å². The first-order valence-corrected chi connectivity index (χ1v) is 10.2. The molecule has 4 atom stereocenters. The molecule has 2 aromatic carbocycles. The molecule has 2 heteroatoms. The molecule has 2 aromatic rings. The maximum atomic E-state index is 11.7. The smallest absolute Gasteiger partial charge is 0.0733 e. The average molecular weight is 350 g/mol. The largest absolute Gasteiger partial charge is 0.389 e. The Morgan fingerprint density at radius 1 is 0.962 bits per heavy atom. The second-order valence-corrected chi connectivity index (χ2v) is 8.37. The Morgan fingerprint density at radius 2 is 1.62 bits per heavy atom. The van der Waals surface area contributed by atoms with Crippen molar-refractivity contribution in [2.24, 2.45) is 11.8 Å². The third-order valence-electron chi connectivity index (χ3n) is 6.71. The summed E-state index contributed by atoms with van der Waals surface area (Å²) < 4.78 is 0. The lowest BCUT2D eigenvalue weighted by atomic mass is 9.58. The number of hydrogen-bond acceptors (Lipinski definition) is 2. The van der Waals surface area contributed by atoms with Crippen LogP contribution < -0.4 is 0 Å². The number of nitrogens with zero attached hydrogens (tertiary/aromatic N) is 1. The second-order valence-electron chi connectivity index (χ2n) is 8.37. The summed E-state index contributed by atoms with van der Waals surface area (Å²) in [7, 11) is 0. The Balaban J connectivity index is 1.55. The van der Waals surface area contributed by atoms with Crippen molar-refractivity contribution in [2.75, 3.05) is 6.54 Å². The van der Waals surface area contributed by atoms with E-state index >= 15 is 0 Å². The molecule has 3 aliphatic rings. The first kappa shape index (κ1) is 17.8.